The molecule has 3 fully saturated rings. The van der Waals surface area contributed by atoms with E-state index >= 15 is 0 Å². The van der Waals surface area contributed by atoms with E-state index in [2.05, 4.69) is 72.0 Å². The average molecular weight is 1060 g/mol. The second kappa shape index (κ2) is 23.2. The summed E-state index contributed by atoms with van der Waals surface area (Å²) in [4.78, 5) is 62.3. The Morgan fingerprint density at radius 3 is 2.38 bits per heavy atom. The summed E-state index contributed by atoms with van der Waals surface area (Å²) in [5.74, 6) is 0.886. The van der Waals surface area contributed by atoms with E-state index < -0.39 is 5.91 Å². The summed E-state index contributed by atoms with van der Waals surface area (Å²) >= 11 is 6.79. The lowest BCUT2D eigenvalue weighted by atomic mass is 9.95. The second-order valence-corrected chi connectivity index (χ2v) is 20.8. The summed E-state index contributed by atoms with van der Waals surface area (Å²) in [7, 11) is 0. The number of aromatic nitrogens is 5. The molecule has 6 heterocycles. The summed E-state index contributed by atoms with van der Waals surface area (Å²) in [5, 5.41) is 45.2. The van der Waals surface area contributed by atoms with Gasteiger partial charge in [0, 0.05) is 120 Å². The normalized spacial score (nSPS) is 17.5. The first kappa shape index (κ1) is 52.6. The number of likely N-dealkylation sites (tertiary alicyclic amines) is 1. The Hall–Kier alpha value is -7.79. The SMILES string of the molecule is C=CC(=O)N1CCN(c2nc(NCCC(=O)N3CCC(CN4CCN(Cc5ccc(-n6c(C(N)=O)nnc6-c6cc(CC)c(O)cc6O)cc5)CC4)CC3)nc3c2CCN(c2cccc4cccc(Cl)c24)C3)C[C@H]1CC#N. The fourth-order valence-electron chi connectivity index (χ4n) is 11.5. The second-order valence-electron chi connectivity index (χ2n) is 20.4. The van der Waals surface area contributed by atoms with E-state index in [1.165, 1.54) is 16.7 Å². The van der Waals surface area contributed by atoms with Crippen LogP contribution in [-0.4, -0.2) is 157 Å². The van der Waals surface area contributed by atoms with Gasteiger partial charge in [-0.05, 0) is 84.5 Å². The number of phenolic OH excluding ortho intramolecular Hbond substituents is 2. The minimum atomic E-state index is -0.755. The maximum Gasteiger partial charge on any atom is 0.287 e. The largest absolute Gasteiger partial charge is 0.508 e. The Kier molecular flexibility index (Phi) is 15.9. The molecular formula is C57H65ClN14O5. The van der Waals surface area contributed by atoms with Gasteiger partial charge in [-0.2, -0.15) is 10.2 Å². The number of carbonyl (C=O) groups is 3. The highest BCUT2D eigenvalue weighted by Crippen LogP contribution is 2.39. The molecule has 19 nitrogen and oxygen atoms in total. The van der Waals surface area contributed by atoms with Gasteiger partial charge in [0.05, 0.1) is 41.4 Å². The predicted molar refractivity (Wildman–Crippen MR) is 296 cm³/mol. The van der Waals surface area contributed by atoms with Gasteiger partial charge in [0.25, 0.3) is 5.91 Å². The van der Waals surface area contributed by atoms with Gasteiger partial charge in [-0.3, -0.25) is 23.9 Å². The number of hydrogen-bond acceptors (Lipinski definition) is 15. The molecule has 0 spiro atoms. The molecule has 2 aromatic heterocycles. The molecule has 4 aromatic carbocycles. The van der Waals surface area contributed by atoms with Gasteiger partial charge in [0.15, 0.2) is 5.82 Å². The van der Waals surface area contributed by atoms with E-state index in [0.717, 1.165) is 111 Å². The topological polar surface area (TPSA) is 229 Å². The molecule has 5 N–H and O–H groups in total. The lowest BCUT2D eigenvalue weighted by Gasteiger charge is -2.42. The van der Waals surface area contributed by atoms with E-state index in [1.54, 1.807) is 11.0 Å². The number of carbonyl (C=O) groups excluding carboxylic acids is 3. The number of anilines is 3. The molecule has 20 heteroatoms. The first-order chi connectivity index (χ1) is 37.4. The van der Waals surface area contributed by atoms with Gasteiger partial charge >= 0.3 is 0 Å². The summed E-state index contributed by atoms with van der Waals surface area (Å²) in [6, 6.07) is 24.9. The van der Waals surface area contributed by atoms with E-state index in [4.69, 9.17) is 27.3 Å². The van der Waals surface area contributed by atoms with E-state index in [0.29, 0.717) is 85.7 Å². The third-order valence-electron chi connectivity index (χ3n) is 15.7. The van der Waals surface area contributed by atoms with Crippen LogP contribution in [0.2, 0.25) is 5.02 Å². The molecule has 1 atom stereocenters. The van der Waals surface area contributed by atoms with Crippen LogP contribution >= 0.6 is 11.6 Å². The van der Waals surface area contributed by atoms with Crippen LogP contribution in [0.15, 0.2) is 85.5 Å². The highest BCUT2D eigenvalue weighted by atomic mass is 35.5. The lowest BCUT2D eigenvalue weighted by molar-refractivity contribution is -0.132. The number of benzene rings is 4. The third-order valence-corrected chi connectivity index (χ3v) is 16.0. The maximum absolute atomic E-state index is 13.7. The summed E-state index contributed by atoms with van der Waals surface area (Å²) < 4.78 is 1.53. The molecule has 4 aliphatic rings. The molecule has 0 aliphatic carbocycles. The standard InChI is InChI=1S/C57H65ClN14O5/c1-3-39-31-44(49(74)32-48(39)73)55-64-65-56(53(60)77)72(55)41-13-11-37(12-14-41)33-66-25-27-67(28-26-66)34-38-17-22-68(23-18-38)51(76)16-21-61-57-62-46-36-69(47-10-6-8-40-7-5-9-45(58)52(40)47)24-19-43(46)54(63-57)70-29-30-71(50(75)4-2)42(35-70)15-20-59/h4-14,31-32,38,42,73-74H,2-3,15-19,21-30,33-36H2,1H3,(H2,60,77)(H,61,62,63)/t42-/m1/s1. The number of hydrogen-bond donors (Lipinski definition) is 4. The minimum Gasteiger partial charge on any atom is -0.508 e. The molecule has 77 heavy (non-hydrogen) atoms. The molecule has 0 bridgehead atoms. The molecule has 10 rings (SSSR count). The van der Waals surface area contributed by atoms with Crippen LogP contribution in [-0.2, 0) is 35.5 Å². The van der Waals surface area contributed by atoms with Crippen molar-refractivity contribution in [1.82, 2.24) is 44.3 Å². The van der Waals surface area contributed by atoms with Crippen LogP contribution in [0.3, 0.4) is 0 Å². The fraction of sp³-hybridized carbons (Fsp3) is 0.404. The Bertz CT molecular complexity index is 3210. The van der Waals surface area contributed by atoms with Gasteiger partial charge in [-0.25, -0.2) is 4.98 Å². The first-order valence-corrected chi connectivity index (χ1v) is 27.0. The van der Waals surface area contributed by atoms with Gasteiger partial charge in [-0.15, -0.1) is 10.2 Å². The molecule has 0 unspecified atom stereocenters. The molecule has 400 valence electrons. The van der Waals surface area contributed by atoms with E-state index in [9.17, 15) is 29.9 Å². The van der Waals surface area contributed by atoms with Gasteiger partial charge in [0.1, 0.15) is 17.3 Å². The number of nitrogens with zero attached hydrogens (tertiary/aromatic N) is 12. The van der Waals surface area contributed by atoms with E-state index in [-0.39, 0.29) is 47.4 Å². The number of nitriles is 1. The molecule has 3 amide bonds. The first-order valence-electron chi connectivity index (χ1n) is 26.6. The van der Waals surface area contributed by atoms with E-state index in [1.807, 2.05) is 48.2 Å². The lowest BCUT2D eigenvalue weighted by Crippen LogP contribution is -2.55. The maximum atomic E-state index is 13.7. The van der Waals surface area contributed by atoms with Crippen molar-refractivity contribution in [2.45, 2.75) is 64.6 Å². The van der Waals surface area contributed by atoms with Crippen LogP contribution in [0.5, 0.6) is 11.5 Å². The molecule has 0 radical (unpaired) electrons. The van der Waals surface area contributed by atoms with Crippen LogP contribution < -0.4 is 20.9 Å². The Balaban J connectivity index is 0.720. The molecular weight excluding hydrogens is 996 g/mol. The van der Waals surface area contributed by atoms with Crippen molar-refractivity contribution < 1.29 is 24.6 Å². The number of piperazine rings is 2. The molecule has 4 aliphatic heterocycles. The number of fused-ring (bicyclic) bond motifs is 2. The predicted octanol–water partition coefficient (Wildman–Crippen LogP) is 6.14. The number of phenols is 2. The molecule has 0 saturated carbocycles. The highest BCUT2D eigenvalue weighted by molar-refractivity contribution is 6.36. The number of aryl methyl sites for hydroxylation is 1. The van der Waals surface area contributed by atoms with Crippen LogP contribution in [0.4, 0.5) is 17.5 Å². The van der Waals surface area contributed by atoms with Gasteiger partial charge < -0.3 is 45.8 Å². The van der Waals surface area contributed by atoms with Crippen LogP contribution in [0, 0.1) is 17.2 Å². The van der Waals surface area contributed by atoms with Crippen molar-refractivity contribution >= 4 is 57.5 Å². The third kappa shape index (κ3) is 11.4. The minimum absolute atomic E-state index is 0.0233. The van der Waals surface area contributed by atoms with Crippen molar-refractivity contribution in [2.24, 2.45) is 11.7 Å². The monoisotopic (exact) mass is 1060 g/mol. The van der Waals surface area contributed by atoms with Gasteiger partial charge in [0.2, 0.25) is 23.6 Å². The zero-order valence-corrected chi connectivity index (χ0v) is 44.2. The van der Waals surface area contributed by atoms with Crippen molar-refractivity contribution in [3.8, 4) is 34.6 Å². The number of halogens is 1. The fourth-order valence-corrected chi connectivity index (χ4v) is 11.8. The number of nitrogens with one attached hydrogen (secondary N) is 1. The molecule has 6 aromatic rings. The van der Waals surface area contributed by atoms with Crippen molar-refractivity contribution in [3.63, 3.8) is 0 Å². The summed E-state index contributed by atoms with van der Waals surface area (Å²) in [5.41, 5.74) is 11.4. The Morgan fingerprint density at radius 2 is 1.65 bits per heavy atom. The van der Waals surface area contributed by atoms with Crippen LogP contribution in [0.25, 0.3) is 27.8 Å². The average Bonchev–Trinajstić information content (AvgIpc) is 3.98. The number of amides is 3. The van der Waals surface area contributed by atoms with Crippen molar-refractivity contribution in [3.05, 3.63) is 119 Å². The Labute approximate surface area is 453 Å². The van der Waals surface area contributed by atoms with Crippen LogP contribution in [0.1, 0.15) is 65.6 Å². The van der Waals surface area contributed by atoms with Gasteiger partial charge in [-0.1, -0.05) is 61.5 Å². The highest BCUT2D eigenvalue weighted by Gasteiger charge is 2.34. The summed E-state index contributed by atoms with van der Waals surface area (Å²) in [6.07, 6.45) is 4.94. The Morgan fingerprint density at radius 1 is 0.896 bits per heavy atom. The van der Waals surface area contributed by atoms with Crippen molar-refractivity contribution in [1.29, 1.82) is 5.26 Å². The quantitative estimate of drug-likeness (QED) is 0.0798. The summed E-state index contributed by atoms with van der Waals surface area (Å²) in [6.45, 7) is 15.6. The number of nitrogens with two attached hydrogens (primary N) is 1. The smallest absolute Gasteiger partial charge is 0.287 e. The number of rotatable bonds is 16. The molecule has 3 saturated heterocycles. The zero-order valence-electron chi connectivity index (χ0n) is 43.5. The number of primary amides is 1. The zero-order chi connectivity index (χ0) is 53.7. The number of aromatic hydroxyl groups is 2. The number of piperidine rings is 1. The van der Waals surface area contributed by atoms with Crippen molar-refractivity contribution in [2.75, 3.05) is 93.7 Å².